The Morgan fingerprint density at radius 2 is 1.15 bits per heavy atom. The van der Waals surface area contributed by atoms with Gasteiger partial charge < -0.3 is 9.47 Å². The van der Waals surface area contributed by atoms with E-state index in [1.165, 1.54) is 32.1 Å². The van der Waals surface area contributed by atoms with Crippen molar-refractivity contribution in [2.24, 2.45) is 0 Å². The highest BCUT2D eigenvalue weighted by atomic mass is 16.7. The molecule has 0 amide bonds. The Morgan fingerprint density at radius 3 is 1.78 bits per heavy atom. The van der Waals surface area contributed by atoms with Crippen LogP contribution in [-0.2, 0) is 9.47 Å². The van der Waals surface area contributed by atoms with Crippen LogP contribution in [0.1, 0.15) is 97.3 Å². The second-order valence-electron chi connectivity index (χ2n) is 6.86. The lowest BCUT2D eigenvalue weighted by Gasteiger charge is -2.06. The summed E-state index contributed by atoms with van der Waals surface area (Å²) in [6, 6.07) is 0. The Labute approximate surface area is 167 Å². The number of rotatable bonds is 18. The molecule has 0 bridgehead atoms. The third-order valence-electron chi connectivity index (χ3n) is 4.23. The van der Waals surface area contributed by atoms with Gasteiger partial charge in [-0.1, -0.05) is 88.8 Å². The molecule has 0 saturated carbocycles. The maximum Gasteiger partial charge on any atom is 0.508 e. The summed E-state index contributed by atoms with van der Waals surface area (Å²) in [6.07, 6.45) is 27.5. The largest absolute Gasteiger partial charge is 0.508 e. The van der Waals surface area contributed by atoms with Gasteiger partial charge in [0.1, 0.15) is 0 Å². The van der Waals surface area contributed by atoms with Gasteiger partial charge in [0.15, 0.2) is 0 Å². The van der Waals surface area contributed by atoms with E-state index in [0.717, 1.165) is 51.4 Å². The summed E-state index contributed by atoms with van der Waals surface area (Å²) in [7, 11) is 0. The first kappa shape index (κ1) is 25.5. The van der Waals surface area contributed by atoms with Crippen LogP contribution in [0.3, 0.4) is 0 Å². The third kappa shape index (κ3) is 22.4. The van der Waals surface area contributed by atoms with Crippen molar-refractivity contribution in [2.75, 3.05) is 13.2 Å². The van der Waals surface area contributed by atoms with E-state index in [2.05, 4.69) is 50.3 Å². The van der Waals surface area contributed by atoms with Gasteiger partial charge in [0.05, 0.1) is 13.2 Å². The molecule has 0 heterocycles. The Hall–Kier alpha value is -1.51. The van der Waals surface area contributed by atoms with E-state index in [9.17, 15) is 4.79 Å². The fourth-order valence-electron chi connectivity index (χ4n) is 2.60. The molecule has 3 heteroatoms. The van der Waals surface area contributed by atoms with Crippen molar-refractivity contribution in [3.05, 3.63) is 36.5 Å². The van der Waals surface area contributed by atoms with E-state index in [0.29, 0.717) is 13.2 Å². The number of hydrogen-bond acceptors (Lipinski definition) is 3. The molecule has 0 aromatic carbocycles. The predicted octanol–water partition coefficient (Wildman–Crippen LogP) is 7.92. The number of allylic oxidation sites excluding steroid dienone is 6. The molecule has 0 N–H and O–H groups in total. The predicted molar refractivity (Wildman–Crippen MR) is 116 cm³/mol. The molecule has 0 spiro atoms. The first-order valence-corrected chi connectivity index (χ1v) is 11.1. The van der Waals surface area contributed by atoms with Crippen LogP contribution in [0.5, 0.6) is 0 Å². The van der Waals surface area contributed by atoms with Crippen LogP contribution in [0.4, 0.5) is 4.79 Å². The molecule has 3 nitrogen and oxygen atoms in total. The molecule has 0 atom stereocenters. The minimum atomic E-state index is -0.509. The van der Waals surface area contributed by atoms with E-state index >= 15 is 0 Å². The van der Waals surface area contributed by atoms with E-state index in [4.69, 9.17) is 9.47 Å². The van der Waals surface area contributed by atoms with Crippen molar-refractivity contribution in [3.63, 3.8) is 0 Å². The summed E-state index contributed by atoms with van der Waals surface area (Å²) < 4.78 is 10.1. The standard InChI is InChI=1S/C24H42O3/c1-3-5-7-8-9-10-11-12-13-14-15-16-17-18-19-21-23-27-24(25)26-22-20-6-4-2/h5,7,9-10,12-13H,3-4,6,8,11,14-23H2,1-2H3/b7-5-,10-9-,13-12-. The van der Waals surface area contributed by atoms with Crippen molar-refractivity contribution >= 4 is 6.16 Å². The van der Waals surface area contributed by atoms with Crippen molar-refractivity contribution in [2.45, 2.75) is 97.3 Å². The molecule has 0 unspecified atom stereocenters. The Morgan fingerprint density at radius 1 is 0.630 bits per heavy atom. The Balaban J connectivity index is 3.25. The SMILES string of the molecule is CC/C=C\C/C=C\C/C=C\CCCCCCCCOC(=O)OCCCCC. The van der Waals surface area contributed by atoms with E-state index < -0.39 is 6.16 Å². The van der Waals surface area contributed by atoms with Gasteiger partial charge in [0.25, 0.3) is 0 Å². The molecule has 0 aliphatic heterocycles. The quantitative estimate of drug-likeness (QED) is 0.138. The van der Waals surface area contributed by atoms with Gasteiger partial charge in [-0.3, -0.25) is 0 Å². The lowest BCUT2D eigenvalue weighted by Crippen LogP contribution is -2.09. The lowest BCUT2D eigenvalue weighted by atomic mass is 10.1. The summed E-state index contributed by atoms with van der Waals surface area (Å²) in [5.74, 6) is 0. The van der Waals surface area contributed by atoms with Crippen LogP contribution >= 0.6 is 0 Å². The molecule has 0 aliphatic rings. The average Bonchev–Trinajstić information content (AvgIpc) is 2.67. The smallest absolute Gasteiger partial charge is 0.434 e. The van der Waals surface area contributed by atoms with Gasteiger partial charge in [-0.25, -0.2) is 4.79 Å². The van der Waals surface area contributed by atoms with Gasteiger partial charge in [-0.15, -0.1) is 0 Å². The van der Waals surface area contributed by atoms with Gasteiger partial charge in [-0.2, -0.15) is 0 Å². The number of carbonyl (C=O) groups is 1. The monoisotopic (exact) mass is 378 g/mol. The summed E-state index contributed by atoms with van der Waals surface area (Å²) in [5.41, 5.74) is 0. The van der Waals surface area contributed by atoms with Crippen LogP contribution in [0.15, 0.2) is 36.5 Å². The second kappa shape index (κ2) is 22.5. The average molecular weight is 379 g/mol. The maximum atomic E-state index is 11.3. The number of carbonyl (C=O) groups excluding carboxylic acids is 1. The Kier molecular flexibility index (Phi) is 21.3. The van der Waals surface area contributed by atoms with Crippen LogP contribution < -0.4 is 0 Å². The first-order chi connectivity index (χ1) is 13.3. The Bertz CT molecular complexity index is 396. The second-order valence-corrected chi connectivity index (χ2v) is 6.86. The molecule has 0 radical (unpaired) electrons. The van der Waals surface area contributed by atoms with Crippen LogP contribution in [0.25, 0.3) is 0 Å². The molecular formula is C24H42O3. The van der Waals surface area contributed by atoms with Crippen molar-refractivity contribution < 1.29 is 14.3 Å². The van der Waals surface area contributed by atoms with Crippen molar-refractivity contribution in [3.8, 4) is 0 Å². The molecule has 0 rings (SSSR count). The van der Waals surface area contributed by atoms with Crippen molar-refractivity contribution in [1.29, 1.82) is 0 Å². The number of ether oxygens (including phenoxy) is 2. The highest BCUT2D eigenvalue weighted by Gasteiger charge is 2.02. The minimum absolute atomic E-state index is 0.480. The number of unbranched alkanes of at least 4 members (excludes halogenated alkanes) is 8. The molecule has 0 saturated heterocycles. The molecule has 0 aromatic rings. The zero-order valence-corrected chi connectivity index (χ0v) is 17.8. The summed E-state index contributed by atoms with van der Waals surface area (Å²) in [5, 5.41) is 0. The molecule has 156 valence electrons. The van der Waals surface area contributed by atoms with Crippen LogP contribution in [0, 0.1) is 0 Å². The maximum absolute atomic E-state index is 11.3. The highest BCUT2D eigenvalue weighted by Crippen LogP contribution is 2.08. The van der Waals surface area contributed by atoms with Crippen LogP contribution in [0.2, 0.25) is 0 Å². The fourth-order valence-corrected chi connectivity index (χ4v) is 2.60. The summed E-state index contributed by atoms with van der Waals surface area (Å²) in [4.78, 5) is 11.3. The van der Waals surface area contributed by atoms with E-state index in [-0.39, 0.29) is 0 Å². The third-order valence-corrected chi connectivity index (χ3v) is 4.23. The van der Waals surface area contributed by atoms with Gasteiger partial charge in [-0.05, 0) is 44.9 Å². The molecule has 0 aromatic heterocycles. The summed E-state index contributed by atoms with van der Waals surface area (Å²) >= 11 is 0. The highest BCUT2D eigenvalue weighted by molar-refractivity contribution is 5.59. The zero-order chi connectivity index (χ0) is 19.8. The van der Waals surface area contributed by atoms with Crippen LogP contribution in [-0.4, -0.2) is 19.4 Å². The van der Waals surface area contributed by atoms with Gasteiger partial charge in [0.2, 0.25) is 0 Å². The van der Waals surface area contributed by atoms with Gasteiger partial charge >= 0.3 is 6.16 Å². The number of hydrogen-bond donors (Lipinski definition) is 0. The normalized spacial score (nSPS) is 11.8. The molecular weight excluding hydrogens is 336 g/mol. The molecule has 0 fully saturated rings. The lowest BCUT2D eigenvalue weighted by molar-refractivity contribution is 0.0530. The topological polar surface area (TPSA) is 35.5 Å². The van der Waals surface area contributed by atoms with Crippen molar-refractivity contribution in [1.82, 2.24) is 0 Å². The fraction of sp³-hybridized carbons (Fsp3) is 0.708. The molecule has 0 aliphatic carbocycles. The molecule has 27 heavy (non-hydrogen) atoms. The van der Waals surface area contributed by atoms with Gasteiger partial charge in [0, 0.05) is 0 Å². The minimum Gasteiger partial charge on any atom is -0.434 e. The van der Waals surface area contributed by atoms with E-state index in [1.54, 1.807) is 0 Å². The zero-order valence-electron chi connectivity index (χ0n) is 17.8. The van der Waals surface area contributed by atoms with E-state index in [1.807, 2.05) is 0 Å². The first-order valence-electron chi connectivity index (χ1n) is 11.1. The summed E-state index contributed by atoms with van der Waals surface area (Å²) in [6.45, 7) is 5.25.